The standard InChI is InChI=1S/C20H20F4N4O3.C2HF3O2/c1-11(13-3-2-4-15(9-13)31-20(23,24)19(21)22)27-16(29)10-17(30)28-14-7-5-12(6-8-14)18(25)26;3-2(4,5)1(6)7/h2-9,11,19H,10H2,1H3,(H3,25,26)(H,27,29)(H,28,30);(H,6,7). The predicted molar refractivity (Wildman–Crippen MR) is 119 cm³/mol. The Morgan fingerprint density at radius 2 is 1.58 bits per heavy atom. The second kappa shape index (κ2) is 13.3. The fraction of sp³-hybridized carbons (Fsp3) is 0.273. The number of hydrogen-bond acceptors (Lipinski definition) is 5. The lowest BCUT2D eigenvalue weighted by Crippen LogP contribution is -2.33. The van der Waals surface area contributed by atoms with Gasteiger partial charge in [-0.15, -0.1) is 0 Å². The van der Waals surface area contributed by atoms with Crippen LogP contribution in [0.25, 0.3) is 0 Å². The van der Waals surface area contributed by atoms with E-state index in [9.17, 15) is 40.3 Å². The van der Waals surface area contributed by atoms with Crippen molar-refractivity contribution < 1.29 is 55.0 Å². The third-order valence-corrected chi connectivity index (χ3v) is 4.29. The van der Waals surface area contributed by atoms with Gasteiger partial charge in [-0.3, -0.25) is 15.0 Å². The van der Waals surface area contributed by atoms with Crippen molar-refractivity contribution in [3.63, 3.8) is 0 Å². The van der Waals surface area contributed by atoms with Gasteiger partial charge in [0.25, 0.3) is 0 Å². The number of benzene rings is 2. The van der Waals surface area contributed by atoms with E-state index in [-0.39, 0.29) is 5.84 Å². The molecular formula is C22H21F7N4O5. The predicted octanol–water partition coefficient (Wildman–Crippen LogP) is 4.05. The van der Waals surface area contributed by atoms with Crippen LogP contribution in [0.15, 0.2) is 48.5 Å². The highest BCUT2D eigenvalue weighted by Gasteiger charge is 2.44. The number of amidine groups is 1. The molecule has 2 aromatic carbocycles. The molecular weight excluding hydrogens is 533 g/mol. The van der Waals surface area contributed by atoms with Crippen molar-refractivity contribution in [2.45, 2.75) is 38.1 Å². The molecule has 2 rings (SSSR count). The molecule has 0 saturated carbocycles. The number of hydrogen-bond donors (Lipinski definition) is 5. The van der Waals surface area contributed by atoms with E-state index in [4.69, 9.17) is 21.0 Å². The fourth-order valence-corrected chi connectivity index (χ4v) is 2.51. The number of nitrogen functional groups attached to an aromatic ring is 1. The van der Waals surface area contributed by atoms with Crippen LogP contribution in [-0.2, 0) is 14.4 Å². The first kappa shape index (κ1) is 31.7. The van der Waals surface area contributed by atoms with Crippen LogP contribution >= 0.6 is 0 Å². The summed E-state index contributed by atoms with van der Waals surface area (Å²) in [6, 6.07) is 10.4. The zero-order valence-corrected chi connectivity index (χ0v) is 19.3. The van der Waals surface area contributed by atoms with Crippen molar-refractivity contribution in [3.8, 4) is 5.75 Å². The molecule has 0 heterocycles. The van der Waals surface area contributed by atoms with Crippen LogP contribution in [0.4, 0.5) is 36.4 Å². The molecule has 2 amide bonds. The van der Waals surface area contributed by atoms with Crippen molar-refractivity contribution in [1.29, 1.82) is 5.41 Å². The molecule has 38 heavy (non-hydrogen) atoms. The summed E-state index contributed by atoms with van der Waals surface area (Å²) < 4.78 is 86.4. The summed E-state index contributed by atoms with van der Waals surface area (Å²) in [6.45, 7) is 1.53. The first-order chi connectivity index (χ1) is 17.4. The van der Waals surface area contributed by atoms with Crippen LogP contribution in [-0.4, -0.2) is 47.4 Å². The molecule has 9 nitrogen and oxygen atoms in total. The van der Waals surface area contributed by atoms with Crippen molar-refractivity contribution >= 4 is 29.3 Å². The minimum Gasteiger partial charge on any atom is -0.475 e. The second-order valence-electron chi connectivity index (χ2n) is 7.35. The van der Waals surface area contributed by atoms with E-state index in [2.05, 4.69) is 15.4 Å². The van der Waals surface area contributed by atoms with E-state index < -0.39 is 54.7 Å². The maximum Gasteiger partial charge on any atom is 0.490 e. The molecule has 1 atom stereocenters. The first-order valence-electron chi connectivity index (χ1n) is 10.2. The topological polar surface area (TPSA) is 155 Å². The van der Waals surface area contributed by atoms with Crippen molar-refractivity contribution in [2.75, 3.05) is 5.32 Å². The quantitative estimate of drug-likeness (QED) is 0.136. The maximum absolute atomic E-state index is 13.1. The van der Waals surface area contributed by atoms with E-state index in [0.717, 1.165) is 12.1 Å². The molecule has 0 aliphatic heterocycles. The highest BCUT2D eigenvalue weighted by Crippen LogP contribution is 2.29. The minimum atomic E-state index is -5.08. The SMILES string of the molecule is CC(NC(=O)CC(=O)Nc1ccc(C(=N)N)cc1)c1cccc(OC(F)(F)C(F)F)c1.O=C(O)C(F)(F)F. The number of carboxylic acids is 1. The molecule has 0 fully saturated rings. The Balaban J connectivity index is 0.000000905. The Labute approximate surface area is 210 Å². The van der Waals surface area contributed by atoms with Crippen LogP contribution < -0.4 is 21.1 Å². The lowest BCUT2D eigenvalue weighted by Gasteiger charge is -2.19. The number of rotatable bonds is 9. The molecule has 208 valence electrons. The Morgan fingerprint density at radius 3 is 2.05 bits per heavy atom. The van der Waals surface area contributed by atoms with Gasteiger partial charge in [-0.2, -0.15) is 30.7 Å². The summed E-state index contributed by atoms with van der Waals surface area (Å²) in [5.41, 5.74) is 6.54. The summed E-state index contributed by atoms with van der Waals surface area (Å²) in [6.07, 6.45) is -14.2. The van der Waals surface area contributed by atoms with Crippen molar-refractivity contribution in [1.82, 2.24) is 5.32 Å². The minimum absolute atomic E-state index is 0.126. The third kappa shape index (κ3) is 10.7. The van der Waals surface area contributed by atoms with Gasteiger partial charge in [0.15, 0.2) is 0 Å². The maximum atomic E-state index is 13.1. The number of carboxylic acid groups (broad SMARTS) is 1. The van der Waals surface area contributed by atoms with E-state index in [0.29, 0.717) is 16.8 Å². The van der Waals surface area contributed by atoms with Gasteiger partial charge in [0, 0.05) is 11.3 Å². The molecule has 0 aliphatic rings. The van der Waals surface area contributed by atoms with Crippen LogP contribution in [0.5, 0.6) is 5.75 Å². The molecule has 2 aromatic rings. The van der Waals surface area contributed by atoms with Crippen LogP contribution in [0.2, 0.25) is 0 Å². The lowest BCUT2D eigenvalue weighted by molar-refractivity contribution is -0.253. The van der Waals surface area contributed by atoms with Gasteiger partial charge in [-0.1, -0.05) is 12.1 Å². The Morgan fingerprint density at radius 1 is 1.03 bits per heavy atom. The van der Waals surface area contributed by atoms with Crippen LogP contribution in [0.3, 0.4) is 0 Å². The number of aliphatic carboxylic acids is 1. The van der Waals surface area contributed by atoms with Gasteiger partial charge in [-0.05, 0) is 48.9 Å². The van der Waals surface area contributed by atoms with Crippen molar-refractivity contribution in [2.24, 2.45) is 5.73 Å². The normalized spacial score (nSPS) is 12.0. The monoisotopic (exact) mass is 554 g/mol. The fourth-order valence-electron chi connectivity index (χ4n) is 2.51. The van der Waals surface area contributed by atoms with E-state index in [1.807, 2.05) is 0 Å². The van der Waals surface area contributed by atoms with Gasteiger partial charge in [-0.25, -0.2) is 4.79 Å². The number of carbonyl (C=O) groups excluding carboxylic acids is 2. The van der Waals surface area contributed by atoms with E-state index in [1.54, 1.807) is 0 Å². The summed E-state index contributed by atoms with van der Waals surface area (Å²) in [4.78, 5) is 33.0. The first-order valence-corrected chi connectivity index (χ1v) is 10.2. The van der Waals surface area contributed by atoms with Gasteiger partial charge >= 0.3 is 24.7 Å². The highest BCUT2D eigenvalue weighted by molar-refractivity contribution is 6.04. The summed E-state index contributed by atoms with van der Waals surface area (Å²) >= 11 is 0. The smallest absolute Gasteiger partial charge is 0.475 e. The lowest BCUT2D eigenvalue weighted by atomic mass is 10.1. The van der Waals surface area contributed by atoms with Gasteiger partial charge in [0.05, 0.1) is 6.04 Å². The highest BCUT2D eigenvalue weighted by atomic mass is 19.4. The molecule has 6 N–H and O–H groups in total. The molecule has 0 radical (unpaired) electrons. The number of carbonyl (C=O) groups is 3. The summed E-state index contributed by atoms with van der Waals surface area (Å²) in [7, 11) is 0. The average Bonchev–Trinajstić information content (AvgIpc) is 2.78. The average molecular weight is 554 g/mol. The zero-order chi connectivity index (χ0) is 29.3. The Kier molecular flexibility index (Phi) is 11.0. The van der Waals surface area contributed by atoms with E-state index >= 15 is 0 Å². The molecule has 16 heteroatoms. The number of nitrogens with one attached hydrogen (secondary N) is 3. The molecule has 0 aromatic heterocycles. The van der Waals surface area contributed by atoms with Gasteiger partial charge in [0.2, 0.25) is 11.8 Å². The second-order valence-corrected chi connectivity index (χ2v) is 7.35. The summed E-state index contributed by atoms with van der Waals surface area (Å²) in [5, 5.41) is 19.5. The zero-order valence-electron chi connectivity index (χ0n) is 19.3. The number of anilines is 1. The van der Waals surface area contributed by atoms with Gasteiger partial charge < -0.3 is 26.2 Å². The Hall–Kier alpha value is -4.37. The number of alkyl halides is 7. The van der Waals surface area contributed by atoms with E-state index in [1.165, 1.54) is 43.3 Å². The molecule has 0 spiro atoms. The summed E-state index contributed by atoms with van der Waals surface area (Å²) in [5.74, 6) is -4.62. The molecule has 0 aliphatic carbocycles. The number of halogens is 7. The van der Waals surface area contributed by atoms with Crippen molar-refractivity contribution in [3.05, 3.63) is 59.7 Å². The molecule has 1 unspecified atom stereocenters. The largest absolute Gasteiger partial charge is 0.490 e. The number of amides is 2. The third-order valence-electron chi connectivity index (χ3n) is 4.29. The van der Waals surface area contributed by atoms with Gasteiger partial charge in [0.1, 0.15) is 18.0 Å². The molecule has 0 saturated heterocycles. The van der Waals surface area contributed by atoms with Crippen LogP contribution in [0, 0.1) is 5.41 Å². The molecule has 0 bridgehead atoms. The van der Waals surface area contributed by atoms with Crippen LogP contribution in [0.1, 0.15) is 30.5 Å². The number of nitrogens with two attached hydrogens (primary N) is 1. The Bertz CT molecular complexity index is 1140. The number of ether oxygens (including phenoxy) is 1.